The van der Waals surface area contributed by atoms with Gasteiger partial charge in [-0.3, -0.25) is 14.9 Å². The maximum atomic E-state index is 5.46. The van der Waals surface area contributed by atoms with Crippen LogP contribution in [0.3, 0.4) is 0 Å². The fraction of sp³-hybridized carbons (Fsp3) is 0.364. The van der Waals surface area contributed by atoms with Gasteiger partial charge in [-0.2, -0.15) is 5.10 Å². The summed E-state index contributed by atoms with van der Waals surface area (Å²) in [5, 5.41) is 12.4. The van der Waals surface area contributed by atoms with Crippen LogP contribution in [0.25, 0.3) is 34.2 Å². The number of hydrogen-bond acceptors (Lipinski definition) is 5. The van der Waals surface area contributed by atoms with Crippen LogP contribution < -0.4 is 5.32 Å². The molecule has 0 spiro atoms. The molecular weight excluding hydrogens is 482 g/mol. The van der Waals surface area contributed by atoms with E-state index in [9.17, 15) is 0 Å². The Morgan fingerprint density at radius 1 is 0.897 bits per heavy atom. The number of benzene rings is 3. The molecule has 0 unspecified atom stereocenters. The number of aromatic nitrogens is 2. The molecule has 2 fully saturated rings. The van der Waals surface area contributed by atoms with Gasteiger partial charge in [0.15, 0.2) is 0 Å². The minimum atomic E-state index is 0.675. The average molecular weight is 522 g/mol. The zero-order chi connectivity index (χ0) is 26.4. The fourth-order valence-corrected chi connectivity index (χ4v) is 5.73. The van der Waals surface area contributed by atoms with Crippen LogP contribution in [0.15, 0.2) is 66.7 Å². The molecule has 0 radical (unpaired) electrons. The third-order valence-electron chi connectivity index (χ3n) is 8.17. The predicted molar refractivity (Wildman–Crippen MR) is 160 cm³/mol. The lowest BCUT2D eigenvalue weighted by Gasteiger charge is -2.31. The molecule has 39 heavy (non-hydrogen) atoms. The Kier molecular flexibility index (Phi) is 8.16. The first-order chi connectivity index (χ1) is 19.2. The van der Waals surface area contributed by atoms with Gasteiger partial charge in [-0.25, -0.2) is 0 Å². The van der Waals surface area contributed by atoms with Crippen molar-refractivity contribution in [2.45, 2.75) is 32.0 Å². The maximum absolute atomic E-state index is 5.46. The Hall–Kier alpha value is -3.29. The number of piperidine rings is 1. The van der Waals surface area contributed by atoms with Crippen LogP contribution in [0.1, 0.15) is 35.2 Å². The largest absolute Gasteiger partial charge is 0.379 e. The Morgan fingerprint density at radius 2 is 1.62 bits per heavy atom. The van der Waals surface area contributed by atoms with Crippen LogP contribution in [0, 0.1) is 0 Å². The van der Waals surface area contributed by atoms with Gasteiger partial charge in [0.25, 0.3) is 0 Å². The quantitative estimate of drug-likeness (QED) is 0.324. The molecule has 0 bridgehead atoms. The van der Waals surface area contributed by atoms with Gasteiger partial charge < -0.3 is 10.1 Å². The molecule has 4 aromatic rings. The SMILES string of the molecule is CN(Cc1ccc(-c2ccc3[nH]nc(/C=C/c4ccc(CN5CCOCC5)cc4)c3c2)cc1)C1CCNCC1. The summed E-state index contributed by atoms with van der Waals surface area (Å²) in [5.74, 6) is 0. The monoisotopic (exact) mass is 521 g/mol. The third-order valence-corrected chi connectivity index (χ3v) is 8.17. The first kappa shape index (κ1) is 26.0. The van der Waals surface area contributed by atoms with Crippen LogP contribution in [0.5, 0.6) is 0 Å². The van der Waals surface area contributed by atoms with E-state index in [1.165, 1.54) is 40.7 Å². The zero-order valence-corrected chi connectivity index (χ0v) is 22.9. The van der Waals surface area contributed by atoms with Gasteiger partial charge in [0.2, 0.25) is 0 Å². The van der Waals surface area contributed by atoms with Crippen molar-refractivity contribution in [1.29, 1.82) is 0 Å². The second kappa shape index (κ2) is 12.3. The van der Waals surface area contributed by atoms with Crippen molar-refractivity contribution >= 4 is 23.1 Å². The molecule has 0 amide bonds. The normalized spacial score (nSPS) is 17.5. The molecule has 6 rings (SSSR count). The first-order valence-corrected chi connectivity index (χ1v) is 14.3. The molecular formula is C33H39N5O. The van der Waals surface area contributed by atoms with Gasteiger partial charge in [-0.1, -0.05) is 60.7 Å². The van der Waals surface area contributed by atoms with E-state index in [2.05, 4.69) is 111 Å². The molecule has 6 heteroatoms. The number of hydrogen-bond donors (Lipinski definition) is 2. The Morgan fingerprint density at radius 3 is 2.38 bits per heavy atom. The maximum Gasteiger partial charge on any atom is 0.0927 e. The van der Waals surface area contributed by atoms with E-state index in [0.717, 1.165) is 69.1 Å². The number of nitrogens with one attached hydrogen (secondary N) is 2. The van der Waals surface area contributed by atoms with E-state index in [0.29, 0.717) is 6.04 Å². The van der Waals surface area contributed by atoms with Crippen LogP contribution in [0.4, 0.5) is 0 Å². The molecule has 0 saturated carbocycles. The number of fused-ring (bicyclic) bond motifs is 1. The van der Waals surface area contributed by atoms with Crippen LogP contribution in [-0.4, -0.2) is 72.5 Å². The first-order valence-electron chi connectivity index (χ1n) is 14.3. The average Bonchev–Trinajstić information content (AvgIpc) is 3.40. The molecule has 3 heterocycles. The molecule has 2 aliphatic heterocycles. The van der Waals surface area contributed by atoms with E-state index < -0.39 is 0 Å². The van der Waals surface area contributed by atoms with Crippen molar-refractivity contribution in [1.82, 2.24) is 25.3 Å². The second-order valence-corrected chi connectivity index (χ2v) is 10.9. The number of nitrogens with zero attached hydrogens (tertiary/aromatic N) is 3. The third kappa shape index (κ3) is 6.48. The lowest BCUT2D eigenvalue weighted by Crippen LogP contribution is -2.40. The van der Waals surface area contributed by atoms with Gasteiger partial charge in [-0.15, -0.1) is 0 Å². The summed E-state index contributed by atoms with van der Waals surface area (Å²) in [7, 11) is 2.26. The van der Waals surface area contributed by atoms with Gasteiger partial charge in [0.1, 0.15) is 0 Å². The summed E-state index contributed by atoms with van der Waals surface area (Å²) in [4.78, 5) is 4.95. The van der Waals surface area contributed by atoms with Crippen molar-refractivity contribution in [3.63, 3.8) is 0 Å². The van der Waals surface area contributed by atoms with Gasteiger partial charge >= 0.3 is 0 Å². The number of rotatable bonds is 8. The molecule has 3 aromatic carbocycles. The Bertz CT molecular complexity index is 1380. The van der Waals surface area contributed by atoms with Gasteiger partial charge in [-0.05, 0) is 79.0 Å². The van der Waals surface area contributed by atoms with Crippen molar-refractivity contribution in [2.75, 3.05) is 46.4 Å². The van der Waals surface area contributed by atoms with E-state index in [1.807, 2.05) is 0 Å². The second-order valence-electron chi connectivity index (χ2n) is 10.9. The lowest BCUT2D eigenvalue weighted by molar-refractivity contribution is 0.0342. The van der Waals surface area contributed by atoms with Crippen molar-refractivity contribution < 1.29 is 4.74 Å². The number of morpholine rings is 1. The minimum Gasteiger partial charge on any atom is -0.379 e. The highest BCUT2D eigenvalue weighted by Gasteiger charge is 2.17. The molecule has 202 valence electrons. The van der Waals surface area contributed by atoms with E-state index >= 15 is 0 Å². The van der Waals surface area contributed by atoms with Gasteiger partial charge in [0, 0.05) is 37.6 Å². The smallest absolute Gasteiger partial charge is 0.0927 e. The number of ether oxygens (including phenoxy) is 1. The van der Waals surface area contributed by atoms with Gasteiger partial charge in [0.05, 0.1) is 24.4 Å². The summed E-state index contributed by atoms with van der Waals surface area (Å²) in [6.45, 7) is 7.92. The predicted octanol–water partition coefficient (Wildman–Crippen LogP) is 5.42. The molecule has 0 aliphatic carbocycles. The van der Waals surface area contributed by atoms with Crippen molar-refractivity contribution in [3.05, 3.63) is 89.1 Å². The summed E-state index contributed by atoms with van der Waals surface area (Å²) < 4.78 is 5.46. The lowest BCUT2D eigenvalue weighted by atomic mass is 10.0. The summed E-state index contributed by atoms with van der Waals surface area (Å²) in [6, 6.07) is 25.1. The Balaban J connectivity index is 1.12. The topological polar surface area (TPSA) is 56.4 Å². The molecule has 1 aromatic heterocycles. The summed E-state index contributed by atoms with van der Waals surface area (Å²) in [6.07, 6.45) is 6.72. The molecule has 2 aliphatic rings. The van der Waals surface area contributed by atoms with Crippen LogP contribution in [-0.2, 0) is 17.8 Å². The highest BCUT2D eigenvalue weighted by molar-refractivity contribution is 5.92. The highest BCUT2D eigenvalue weighted by atomic mass is 16.5. The van der Waals surface area contributed by atoms with E-state index in [4.69, 9.17) is 4.74 Å². The molecule has 6 nitrogen and oxygen atoms in total. The van der Waals surface area contributed by atoms with Crippen molar-refractivity contribution in [3.8, 4) is 11.1 Å². The highest BCUT2D eigenvalue weighted by Crippen LogP contribution is 2.27. The molecule has 2 N–H and O–H groups in total. The summed E-state index contributed by atoms with van der Waals surface area (Å²) in [5.41, 5.74) is 8.35. The standard InChI is InChI=1S/C33H39N5O/c1-37(30-14-16-34-17-15-30)23-26-6-9-28(10-7-26)29-11-13-33-31(22-29)32(35-36-33)12-8-25-2-4-27(5-3-25)24-38-18-20-39-21-19-38/h2-13,22,30,34H,14-21,23-24H2,1H3,(H,35,36)/b12-8+. The van der Waals surface area contributed by atoms with Crippen LogP contribution in [0.2, 0.25) is 0 Å². The summed E-state index contributed by atoms with van der Waals surface area (Å²) >= 11 is 0. The van der Waals surface area contributed by atoms with Crippen LogP contribution >= 0.6 is 0 Å². The zero-order valence-electron chi connectivity index (χ0n) is 22.9. The fourth-order valence-electron chi connectivity index (χ4n) is 5.73. The number of H-pyrrole nitrogens is 1. The van der Waals surface area contributed by atoms with Crippen molar-refractivity contribution in [2.24, 2.45) is 0 Å². The number of aromatic amines is 1. The Labute approximate surface area is 231 Å². The molecule has 2 saturated heterocycles. The van der Waals surface area contributed by atoms with E-state index in [-0.39, 0.29) is 0 Å². The minimum absolute atomic E-state index is 0.675. The molecule has 0 atom stereocenters. The van der Waals surface area contributed by atoms with E-state index in [1.54, 1.807) is 0 Å².